The highest BCUT2D eigenvalue weighted by Crippen LogP contribution is 2.23. The van der Waals surface area contributed by atoms with E-state index in [1.165, 1.54) is 0 Å². The van der Waals surface area contributed by atoms with Crippen LogP contribution in [-0.2, 0) is 0 Å². The van der Waals surface area contributed by atoms with E-state index < -0.39 is 0 Å². The van der Waals surface area contributed by atoms with E-state index in [-0.39, 0.29) is 11.8 Å². The predicted molar refractivity (Wildman–Crippen MR) is 116 cm³/mol. The molecule has 0 heterocycles. The number of carbonyl (C=O) groups is 2. The average molecular weight is 462 g/mol. The maximum atomic E-state index is 12.0. The number of unbranched alkanes of at least 4 members (excludes halogenated alkanes) is 3. The SMILES string of the molecule is O=C(NCCCCCCNC(=O)c1ccc(Cl)c(Cl)c1)c1ccc(Cl)c(Cl)c1. The van der Waals surface area contributed by atoms with E-state index in [1.807, 2.05) is 0 Å². The zero-order chi connectivity index (χ0) is 20.5. The van der Waals surface area contributed by atoms with E-state index in [0.29, 0.717) is 44.3 Å². The molecule has 8 heteroatoms. The lowest BCUT2D eigenvalue weighted by molar-refractivity contribution is 0.0943. The summed E-state index contributed by atoms with van der Waals surface area (Å²) in [5.74, 6) is -0.347. The summed E-state index contributed by atoms with van der Waals surface area (Å²) in [4.78, 5) is 24.0. The van der Waals surface area contributed by atoms with Crippen LogP contribution in [0.3, 0.4) is 0 Å². The van der Waals surface area contributed by atoms with E-state index in [1.54, 1.807) is 36.4 Å². The minimum absolute atomic E-state index is 0.174. The van der Waals surface area contributed by atoms with Gasteiger partial charge in [0.05, 0.1) is 20.1 Å². The third kappa shape index (κ3) is 7.17. The molecule has 0 aliphatic carbocycles. The Hall–Kier alpha value is -1.46. The molecule has 0 aliphatic heterocycles. The molecule has 28 heavy (non-hydrogen) atoms. The number of rotatable bonds is 9. The second kappa shape index (κ2) is 11.5. The van der Waals surface area contributed by atoms with Gasteiger partial charge in [-0.15, -0.1) is 0 Å². The van der Waals surface area contributed by atoms with Crippen molar-refractivity contribution in [2.75, 3.05) is 13.1 Å². The van der Waals surface area contributed by atoms with Gasteiger partial charge in [-0.25, -0.2) is 0 Å². The Morgan fingerprint density at radius 2 is 1.00 bits per heavy atom. The first-order valence-electron chi connectivity index (χ1n) is 8.85. The van der Waals surface area contributed by atoms with Crippen molar-refractivity contribution in [3.05, 3.63) is 67.6 Å². The van der Waals surface area contributed by atoms with E-state index in [2.05, 4.69) is 10.6 Å². The van der Waals surface area contributed by atoms with Crippen LogP contribution in [0, 0.1) is 0 Å². The number of nitrogens with one attached hydrogen (secondary N) is 2. The molecular formula is C20H20Cl4N2O2. The normalized spacial score (nSPS) is 10.6. The molecule has 0 bridgehead atoms. The van der Waals surface area contributed by atoms with Gasteiger partial charge in [0.1, 0.15) is 0 Å². The summed E-state index contributed by atoms with van der Waals surface area (Å²) in [6, 6.07) is 9.59. The van der Waals surface area contributed by atoms with Crippen LogP contribution in [0.25, 0.3) is 0 Å². The molecule has 0 aromatic heterocycles. The lowest BCUT2D eigenvalue weighted by Gasteiger charge is -2.07. The molecule has 0 spiro atoms. The highest BCUT2D eigenvalue weighted by Gasteiger charge is 2.08. The highest BCUT2D eigenvalue weighted by atomic mass is 35.5. The fourth-order valence-electron chi connectivity index (χ4n) is 2.49. The number of halogens is 4. The molecule has 0 aliphatic rings. The zero-order valence-electron chi connectivity index (χ0n) is 15.0. The Balaban J connectivity index is 1.56. The van der Waals surface area contributed by atoms with E-state index in [9.17, 15) is 9.59 Å². The quantitative estimate of drug-likeness (QED) is 0.448. The number of carbonyl (C=O) groups excluding carboxylic acids is 2. The summed E-state index contributed by atoms with van der Waals surface area (Å²) in [6.45, 7) is 1.16. The largest absolute Gasteiger partial charge is 0.352 e. The maximum Gasteiger partial charge on any atom is 0.251 e. The third-order valence-electron chi connectivity index (χ3n) is 4.04. The maximum absolute atomic E-state index is 12.0. The first-order valence-corrected chi connectivity index (χ1v) is 10.4. The highest BCUT2D eigenvalue weighted by molar-refractivity contribution is 6.42. The fourth-order valence-corrected chi connectivity index (χ4v) is 3.08. The molecule has 0 atom stereocenters. The van der Waals surface area contributed by atoms with Crippen molar-refractivity contribution >= 4 is 58.2 Å². The molecule has 4 nitrogen and oxygen atoms in total. The molecule has 0 saturated carbocycles. The van der Waals surface area contributed by atoms with Gasteiger partial charge in [-0.3, -0.25) is 9.59 Å². The summed E-state index contributed by atoms with van der Waals surface area (Å²) >= 11 is 23.5. The van der Waals surface area contributed by atoms with Crippen molar-refractivity contribution in [1.82, 2.24) is 10.6 Å². The molecule has 0 fully saturated rings. The first kappa shape index (κ1) is 22.8. The van der Waals surface area contributed by atoms with E-state index in [4.69, 9.17) is 46.4 Å². The lowest BCUT2D eigenvalue weighted by atomic mass is 10.1. The lowest BCUT2D eigenvalue weighted by Crippen LogP contribution is -2.25. The van der Waals surface area contributed by atoms with Gasteiger partial charge < -0.3 is 10.6 Å². The summed E-state index contributed by atoms with van der Waals surface area (Å²) in [5, 5.41) is 7.26. The predicted octanol–water partition coefficient (Wildman–Crippen LogP) is 6.02. The molecule has 2 N–H and O–H groups in total. The molecular weight excluding hydrogens is 442 g/mol. The zero-order valence-corrected chi connectivity index (χ0v) is 18.1. The van der Waals surface area contributed by atoms with Gasteiger partial charge in [-0.2, -0.15) is 0 Å². The van der Waals surface area contributed by atoms with Gasteiger partial charge in [-0.05, 0) is 49.2 Å². The van der Waals surface area contributed by atoms with Gasteiger partial charge in [0.25, 0.3) is 11.8 Å². The smallest absolute Gasteiger partial charge is 0.251 e. The summed E-state index contributed by atoms with van der Waals surface area (Å²) < 4.78 is 0. The summed E-state index contributed by atoms with van der Waals surface area (Å²) in [6.07, 6.45) is 3.61. The molecule has 2 amide bonds. The average Bonchev–Trinajstić information content (AvgIpc) is 2.67. The van der Waals surface area contributed by atoms with Gasteiger partial charge in [0, 0.05) is 24.2 Å². The molecule has 2 aromatic rings. The molecule has 2 aromatic carbocycles. The van der Waals surface area contributed by atoms with Crippen molar-refractivity contribution in [1.29, 1.82) is 0 Å². The Kier molecular flexibility index (Phi) is 9.39. The molecule has 2 rings (SSSR count). The van der Waals surface area contributed by atoms with Crippen LogP contribution in [0.4, 0.5) is 0 Å². The van der Waals surface area contributed by atoms with Crippen LogP contribution in [0.2, 0.25) is 20.1 Å². The van der Waals surface area contributed by atoms with Crippen LogP contribution in [0.1, 0.15) is 46.4 Å². The van der Waals surface area contributed by atoms with Crippen molar-refractivity contribution in [3.8, 4) is 0 Å². The second-order valence-corrected chi connectivity index (χ2v) is 7.81. The third-order valence-corrected chi connectivity index (χ3v) is 5.52. The Morgan fingerprint density at radius 1 is 0.607 bits per heavy atom. The number of amides is 2. The topological polar surface area (TPSA) is 58.2 Å². The van der Waals surface area contributed by atoms with Crippen molar-refractivity contribution in [2.24, 2.45) is 0 Å². The number of hydrogen-bond acceptors (Lipinski definition) is 2. The first-order chi connectivity index (χ1) is 13.4. The van der Waals surface area contributed by atoms with Gasteiger partial charge in [0.2, 0.25) is 0 Å². The van der Waals surface area contributed by atoms with Crippen molar-refractivity contribution < 1.29 is 9.59 Å². The summed E-state index contributed by atoms with van der Waals surface area (Å²) in [7, 11) is 0. The summed E-state index contributed by atoms with van der Waals surface area (Å²) in [5.41, 5.74) is 0.971. The minimum atomic E-state index is -0.174. The van der Waals surface area contributed by atoms with Crippen LogP contribution < -0.4 is 10.6 Å². The van der Waals surface area contributed by atoms with Crippen molar-refractivity contribution in [2.45, 2.75) is 25.7 Å². The van der Waals surface area contributed by atoms with Crippen LogP contribution >= 0.6 is 46.4 Å². The van der Waals surface area contributed by atoms with E-state index in [0.717, 1.165) is 25.7 Å². The van der Waals surface area contributed by atoms with Crippen LogP contribution in [0.5, 0.6) is 0 Å². The standard InChI is InChI=1S/C20H20Cl4N2O2/c21-15-7-5-13(11-17(15)23)19(27)25-9-3-1-2-4-10-26-20(28)14-6-8-16(22)18(24)12-14/h5-8,11-12H,1-4,9-10H2,(H,25,27)(H,26,28). The monoisotopic (exact) mass is 460 g/mol. The minimum Gasteiger partial charge on any atom is -0.352 e. The van der Waals surface area contributed by atoms with E-state index >= 15 is 0 Å². The molecule has 0 radical (unpaired) electrons. The Labute approximate surface area is 184 Å². The fraction of sp³-hybridized carbons (Fsp3) is 0.300. The van der Waals surface area contributed by atoms with Crippen LogP contribution in [-0.4, -0.2) is 24.9 Å². The van der Waals surface area contributed by atoms with Crippen LogP contribution in [0.15, 0.2) is 36.4 Å². The molecule has 0 saturated heterocycles. The van der Waals surface area contributed by atoms with Gasteiger partial charge >= 0.3 is 0 Å². The second-order valence-electron chi connectivity index (χ2n) is 6.18. The Morgan fingerprint density at radius 3 is 1.36 bits per heavy atom. The van der Waals surface area contributed by atoms with Crippen molar-refractivity contribution in [3.63, 3.8) is 0 Å². The number of hydrogen-bond donors (Lipinski definition) is 2. The number of benzene rings is 2. The van der Waals surface area contributed by atoms with Gasteiger partial charge in [0.15, 0.2) is 0 Å². The molecule has 0 unspecified atom stereocenters. The Bertz CT molecular complexity index is 773. The molecule has 150 valence electrons. The van der Waals surface area contributed by atoms with Gasteiger partial charge in [-0.1, -0.05) is 59.2 Å².